The molecule has 0 unspecified atom stereocenters. The predicted molar refractivity (Wildman–Crippen MR) is 60.6 cm³/mol. The van der Waals surface area contributed by atoms with E-state index in [1.54, 1.807) is 12.1 Å². The van der Waals surface area contributed by atoms with Crippen LogP contribution in [0.5, 0.6) is 0 Å². The lowest BCUT2D eigenvalue weighted by molar-refractivity contribution is 1.38. The van der Waals surface area contributed by atoms with Crippen molar-refractivity contribution in [1.29, 1.82) is 0 Å². The van der Waals surface area contributed by atoms with Crippen LogP contribution in [0.3, 0.4) is 0 Å². The SMILES string of the molecule is C[Si](C)(C)NSN[Si](C)(C)C. The average Bonchev–Trinajstić information content (AvgIpc) is 1.55. The molecular formula is C6H20N2SSi2. The summed E-state index contributed by atoms with van der Waals surface area (Å²) in [7, 11) is -2.17. The van der Waals surface area contributed by atoms with Crippen LogP contribution in [0.15, 0.2) is 0 Å². The summed E-state index contributed by atoms with van der Waals surface area (Å²) in [5.41, 5.74) is 0. The largest absolute Gasteiger partial charge is 0.273 e. The Hall–Kier alpha value is 0.704. The Labute approximate surface area is 77.0 Å². The van der Waals surface area contributed by atoms with Gasteiger partial charge in [0.2, 0.25) is 0 Å². The van der Waals surface area contributed by atoms with E-state index in [2.05, 4.69) is 48.1 Å². The first-order valence-corrected chi connectivity index (χ1v) is 11.7. The Morgan fingerprint density at radius 2 is 1.00 bits per heavy atom. The molecule has 0 aromatic rings. The summed E-state index contributed by atoms with van der Waals surface area (Å²) in [6.07, 6.45) is 0. The molecule has 5 heteroatoms. The molecule has 0 aliphatic heterocycles. The van der Waals surface area contributed by atoms with E-state index in [1.165, 1.54) is 0 Å². The molecule has 0 saturated heterocycles. The van der Waals surface area contributed by atoms with Gasteiger partial charge in [-0.05, 0) is 12.1 Å². The molecule has 68 valence electrons. The summed E-state index contributed by atoms with van der Waals surface area (Å²) in [5.74, 6) is 0. The highest BCUT2D eigenvalue weighted by atomic mass is 32.2. The molecule has 2 N–H and O–H groups in total. The van der Waals surface area contributed by atoms with Crippen LogP contribution in [0.25, 0.3) is 0 Å². The first-order chi connectivity index (χ1) is 4.71. The third-order valence-electron chi connectivity index (χ3n) is 0.714. The van der Waals surface area contributed by atoms with Crippen molar-refractivity contribution in [2.45, 2.75) is 39.3 Å². The van der Waals surface area contributed by atoms with Crippen molar-refractivity contribution in [2.24, 2.45) is 0 Å². The zero-order valence-corrected chi connectivity index (χ0v) is 11.2. The second kappa shape index (κ2) is 4.09. The molecule has 0 rings (SSSR count). The smallest absolute Gasteiger partial charge is 0.129 e. The molecule has 2 nitrogen and oxygen atoms in total. The molecule has 0 aliphatic carbocycles. The van der Waals surface area contributed by atoms with E-state index in [-0.39, 0.29) is 0 Å². The van der Waals surface area contributed by atoms with Gasteiger partial charge in [-0.3, -0.25) is 8.78 Å². The molecular weight excluding hydrogens is 188 g/mol. The topological polar surface area (TPSA) is 24.1 Å². The summed E-state index contributed by atoms with van der Waals surface area (Å²) >= 11 is 1.69. The van der Waals surface area contributed by atoms with E-state index in [1.807, 2.05) is 0 Å². The van der Waals surface area contributed by atoms with Crippen molar-refractivity contribution in [3.05, 3.63) is 0 Å². The van der Waals surface area contributed by atoms with Crippen LogP contribution in [0, 0.1) is 0 Å². The zero-order chi connectivity index (χ0) is 9.12. The van der Waals surface area contributed by atoms with Gasteiger partial charge in [0.15, 0.2) is 0 Å². The maximum Gasteiger partial charge on any atom is 0.129 e. The lowest BCUT2D eigenvalue weighted by Gasteiger charge is -2.22. The molecule has 0 radical (unpaired) electrons. The minimum Gasteiger partial charge on any atom is -0.273 e. The summed E-state index contributed by atoms with van der Waals surface area (Å²) in [5, 5.41) is 0. The van der Waals surface area contributed by atoms with E-state index in [4.69, 9.17) is 0 Å². The third kappa shape index (κ3) is 10.7. The van der Waals surface area contributed by atoms with E-state index < -0.39 is 16.5 Å². The number of hydrogen-bond donors (Lipinski definition) is 2. The van der Waals surface area contributed by atoms with Crippen molar-refractivity contribution in [2.75, 3.05) is 0 Å². The van der Waals surface area contributed by atoms with Crippen LogP contribution in [0.4, 0.5) is 0 Å². The van der Waals surface area contributed by atoms with Gasteiger partial charge < -0.3 is 0 Å². The molecule has 0 aliphatic rings. The highest BCUT2D eigenvalue weighted by molar-refractivity contribution is 7.98. The lowest BCUT2D eigenvalue weighted by atomic mass is 11.8. The van der Waals surface area contributed by atoms with Crippen LogP contribution in [0.1, 0.15) is 0 Å². The molecule has 0 aromatic heterocycles. The Balaban J connectivity index is 3.44. The highest BCUT2D eigenvalue weighted by Crippen LogP contribution is 2.04. The van der Waals surface area contributed by atoms with Crippen LogP contribution in [0.2, 0.25) is 39.3 Å². The summed E-state index contributed by atoms with van der Waals surface area (Å²) in [6.45, 7) is 13.8. The van der Waals surface area contributed by atoms with Gasteiger partial charge in [0.05, 0.1) is 0 Å². The number of nitrogens with one attached hydrogen (secondary N) is 2. The van der Waals surface area contributed by atoms with Gasteiger partial charge in [-0.1, -0.05) is 39.3 Å². The van der Waals surface area contributed by atoms with Gasteiger partial charge >= 0.3 is 0 Å². The van der Waals surface area contributed by atoms with Gasteiger partial charge in [-0.25, -0.2) is 0 Å². The predicted octanol–water partition coefficient (Wildman–Crippen LogP) is 2.40. The molecule has 0 atom stereocenters. The van der Waals surface area contributed by atoms with Crippen LogP contribution < -0.4 is 8.78 Å². The fourth-order valence-corrected chi connectivity index (χ4v) is 3.44. The van der Waals surface area contributed by atoms with Crippen molar-refractivity contribution in [3.8, 4) is 0 Å². The second-order valence-corrected chi connectivity index (χ2v) is 15.6. The Bertz CT molecular complexity index is 103. The lowest BCUT2D eigenvalue weighted by Crippen LogP contribution is -2.44. The molecule has 11 heavy (non-hydrogen) atoms. The van der Waals surface area contributed by atoms with Crippen molar-refractivity contribution in [3.63, 3.8) is 0 Å². The maximum atomic E-state index is 3.46. The first-order valence-electron chi connectivity index (χ1n) is 3.91. The molecule has 0 aromatic carbocycles. The summed E-state index contributed by atoms with van der Waals surface area (Å²) in [4.78, 5) is 0. The Kier molecular flexibility index (Phi) is 4.35. The van der Waals surface area contributed by atoms with Gasteiger partial charge in [0.25, 0.3) is 0 Å². The van der Waals surface area contributed by atoms with E-state index in [9.17, 15) is 0 Å². The minimum atomic E-state index is -1.08. The van der Waals surface area contributed by atoms with Crippen LogP contribution in [-0.2, 0) is 0 Å². The monoisotopic (exact) mass is 208 g/mol. The Morgan fingerprint density at radius 3 is 1.18 bits per heavy atom. The third-order valence-corrected chi connectivity index (χ3v) is 6.43. The second-order valence-electron chi connectivity index (χ2n) is 4.81. The fraction of sp³-hybridized carbons (Fsp3) is 1.00. The summed E-state index contributed by atoms with van der Waals surface area (Å²) < 4.78 is 6.92. The maximum absolute atomic E-state index is 3.46. The number of rotatable bonds is 4. The van der Waals surface area contributed by atoms with Crippen LogP contribution in [-0.4, -0.2) is 16.5 Å². The standard InChI is InChI=1S/C6H20N2SSi2/c1-10(2,3)7-9-8-11(4,5)6/h7-8H,1-6H3. The minimum absolute atomic E-state index is 1.08. The molecule has 0 bridgehead atoms. The highest BCUT2D eigenvalue weighted by Gasteiger charge is 2.16. The average molecular weight is 208 g/mol. The molecule has 0 amide bonds. The van der Waals surface area contributed by atoms with Crippen molar-refractivity contribution in [1.82, 2.24) is 8.78 Å². The van der Waals surface area contributed by atoms with E-state index in [0.717, 1.165) is 0 Å². The van der Waals surface area contributed by atoms with E-state index >= 15 is 0 Å². The van der Waals surface area contributed by atoms with Gasteiger partial charge in [-0.15, -0.1) is 0 Å². The molecule has 0 spiro atoms. The molecule has 0 heterocycles. The van der Waals surface area contributed by atoms with Crippen LogP contribution >= 0.6 is 12.1 Å². The van der Waals surface area contributed by atoms with Gasteiger partial charge in [0, 0.05) is 0 Å². The zero-order valence-electron chi connectivity index (χ0n) is 8.41. The quantitative estimate of drug-likeness (QED) is 0.548. The summed E-state index contributed by atoms with van der Waals surface area (Å²) in [6, 6.07) is 0. The molecule has 0 saturated carbocycles. The number of hydrogen-bond acceptors (Lipinski definition) is 3. The first kappa shape index (κ1) is 11.7. The van der Waals surface area contributed by atoms with E-state index in [0.29, 0.717) is 0 Å². The van der Waals surface area contributed by atoms with Gasteiger partial charge in [0.1, 0.15) is 16.5 Å². The van der Waals surface area contributed by atoms with Crippen molar-refractivity contribution >= 4 is 28.6 Å². The van der Waals surface area contributed by atoms with Gasteiger partial charge in [-0.2, -0.15) is 0 Å². The van der Waals surface area contributed by atoms with Crippen molar-refractivity contribution < 1.29 is 0 Å². The fourth-order valence-electron chi connectivity index (χ4n) is 0.332. The normalized spacial score (nSPS) is 13.6. The molecule has 0 fully saturated rings. The Morgan fingerprint density at radius 1 is 0.727 bits per heavy atom.